The Morgan fingerprint density at radius 3 is 2.41 bits per heavy atom. The molecular formula is C21H18N4O2. The second kappa shape index (κ2) is 6.92. The zero-order valence-electron chi connectivity index (χ0n) is 14.8. The maximum Gasteiger partial charge on any atom is 0.335 e. The van der Waals surface area contributed by atoms with E-state index in [4.69, 9.17) is 5.11 Å². The maximum atomic E-state index is 11.1. The maximum absolute atomic E-state index is 11.1. The quantitative estimate of drug-likeness (QED) is 0.590. The van der Waals surface area contributed by atoms with Crippen LogP contribution in [0, 0.1) is 0 Å². The summed E-state index contributed by atoms with van der Waals surface area (Å²) in [6.45, 7) is 0.571. The highest BCUT2D eigenvalue weighted by atomic mass is 16.4. The van der Waals surface area contributed by atoms with Crippen LogP contribution >= 0.6 is 0 Å². The molecule has 0 radical (unpaired) electrons. The molecule has 4 aromatic rings. The molecule has 0 bridgehead atoms. The third-order valence-corrected chi connectivity index (χ3v) is 4.47. The lowest BCUT2D eigenvalue weighted by molar-refractivity contribution is 0.0697. The molecule has 0 atom stereocenters. The molecule has 1 N–H and O–H groups in total. The standard InChI is InChI=1S/C21H18N4O2/c1-24-12-11-22-20(24)19-18(16-5-3-2-4-6-16)23-14-25(19)13-15-7-9-17(10-8-15)21(26)27/h2-12,14H,13H2,1H3,(H,26,27). The van der Waals surface area contributed by atoms with Crippen molar-refractivity contribution in [3.8, 4) is 22.8 Å². The summed E-state index contributed by atoms with van der Waals surface area (Å²) in [7, 11) is 1.95. The number of benzene rings is 2. The Kier molecular flexibility index (Phi) is 4.30. The van der Waals surface area contributed by atoms with Crippen LogP contribution < -0.4 is 0 Å². The van der Waals surface area contributed by atoms with Gasteiger partial charge in [0.25, 0.3) is 0 Å². The summed E-state index contributed by atoms with van der Waals surface area (Å²) in [5.41, 5.74) is 4.09. The first-order valence-corrected chi connectivity index (χ1v) is 8.54. The SMILES string of the molecule is Cn1ccnc1-c1c(-c2ccccc2)ncn1Cc1ccc(C(=O)O)cc1. The van der Waals surface area contributed by atoms with Crippen LogP contribution in [0.3, 0.4) is 0 Å². The molecule has 0 unspecified atom stereocenters. The van der Waals surface area contributed by atoms with Crippen LogP contribution in [0.15, 0.2) is 73.3 Å². The number of aromatic nitrogens is 4. The topological polar surface area (TPSA) is 72.9 Å². The molecule has 6 heteroatoms. The molecule has 0 spiro atoms. The second-order valence-electron chi connectivity index (χ2n) is 6.30. The van der Waals surface area contributed by atoms with E-state index in [1.807, 2.05) is 64.8 Å². The zero-order chi connectivity index (χ0) is 18.8. The Morgan fingerprint density at radius 2 is 1.78 bits per heavy atom. The average molecular weight is 358 g/mol. The van der Waals surface area contributed by atoms with Gasteiger partial charge in [-0.3, -0.25) is 0 Å². The Bertz CT molecular complexity index is 1080. The highest BCUT2D eigenvalue weighted by Gasteiger charge is 2.18. The van der Waals surface area contributed by atoms with E-state index < -0.39 is 5.97 Å². The third-order valence-electron chi connectivity index (χ3n) is 4.47. The van der Waals surface area contributed by atoms with Crippen LogP contribution in [0.1, 0.15) is 15.9 Å². The summed E-state index contributed by atoms with van der Waals surface area (Å²) >= 11 is 0. The van der Waals surface area contributed by atoms with Gasteiger partial charge >= 0.3 is 5.97 Å². The van der Waals surface area contributed by atoms with Crippen molar-refractivity contribution in [3.63, 3.8) is 0 Å². The van der Waals surface area contributed by atoms with Gasteiger partial charge in [-0.25, -0.2) is 14.8 Å². The number of nitrogens with zero attached hydrogens (tertiary/aromatic N) is 4. The third kappa shape index (κ3) is 3.25. The van der Waals surface area contributed by atoms with Crippen LogP contribution in [0.5, 0.6) is 0 Å². The van der Waals surface area contributed by atoms with Crippen molar-refractivity contribution >= 4 is 5.97 Å². The van der Waals surface area contributed by atoms with Gasteiger partial charge < -0.3 is 14.2 Å². The van der Waals surface area contributed by atoms with Crippen LogP contribution in [0.25, 0.3) is 22.8 Å². The first-order valence-electron chi connectivity index (χ1n) is 8.54. The van der Waals surface area contributed by atoms with E-state index in [1.165, 1.54) is 0 Å². The van der Waals surface area contributed by atoms with Crippen LogP contribution in [0.4, 0.5) is 0 Å². The molecule has 0 saturated carbocycles. The highest BCUT2D eigenvalue weighted by molar-refractivity contribution is 5.87. The number of aromatic carboxylic acids is 1. The van der Waals surface area contributed by atoms with Gasteiger partial charge in [0.15, 0.2) is 5.82 Å². The van der Waals surface area contributed by atoms with Crippen LogP contribution in [-0.4, -0.2) is 30.2 Å². The van der Waals surface area contributed by atoms with Crippen molar-refractivity contribution in [1.29, 1.82) is 0 Å². The predicted molar refractivity (Wildman–Crippen MR) is 102 cm³/mol. The van der Waals surface area contributed by atoms with Crippen LogP contribution in [0.2, 0.25) is 0 Å². The second-order valence-corrected chi connectivity index (χ2v) is 6.30. The minimum absolute atomic E-state index is 0.277. The summed E-state index contributed by atoms with van der Waals surface area (Å²) in [6, 6.07) is 16.9. The molecule has 2 aromatic carbocycles. The number of hydrogen-bond donors (Lipinski definition) is 1. The van der Waals surface area contributed by atoms with Gasteiger partial charge in [0.2, 0.25) is 0 Å². The lowest BCUT2D eigenvalue weighted by Gasteiger charge is -2.11. The van der Waals surface area contributed by atoms with Crippen molar-refractivity contribution in [2.75, 3.05) is 0 Å². The first kappa shape index (κ1) is 16.8. The summed E-state index contributed by atoms with van der Waals surface area (Å²) in [5.74, 6) is -0.0993. The van der Waals surface area contributed by atoms with Gasteiger partial charge in [0.05, 0.1) is 17.6 Å². The van der Waals surface area contributed by atoms with Gasteiger partial charge in [0.1, 0.15) is 5.69 Å². The number of hydrogen-bond acceptors (Lipinski definition) is 3. The first-order chi connectivity index (χ1) is 13.1. The normalized spacial score (nSPS) is 10.9. The minimum Gasteiger partial charge on any atom is -0.478 e. The van der Waals surface area contributed by atoms with Gasteiger partial charge in [-0.05, 0) is 17.7 Å². The zero-order valence-corrected chi connectivity index (χ0v) is 14.8. The summed E-state index contributed by atoms with van der Waals surface area (Å²) in [6.07, 6.45) is 5.48. The molecule has 0 aliphatic carbocycles. The molecule has 0 amide bonds. The lowest BCUT2D eigenvalue weighted by atomic mass is 10.1. The number of carboxylic acid groups (broad SMARTS) is 1. The molecular weight excluding hydrogens is 340 g/mol. The number of rotatable bonds is 5. The fourth-order valence-corrected chi connectivity index (χ4v) is 3.09. The van der Waals surface area contributed by atoms with E-state index in [2.05, 4.69) is 9.97 Å². The Hall–Kier alpha value is -3.67. The minimum atomic E-state index is -0.927. The summed E-state index contributed by atoms with van der Waals surface area (Å²) < 4.78 is 4.01. The fourth-order valence-electron chi connectivity index (χ4n) is 3.09. The molecule has 2 aromatic heterocycles. The Labute approximate surface area is 156 Å². The Balaban J connectivity index is 1.78. The molecule has 2 heterocycles. The molecule has 0 aliphatic rings. The van der Waals surface area contributed by atoms with Gasteiger partial charge in [-0.1, -0.05) is 42.5 Å². The van der Waals surface area contributed by atoms with Gasteiger partial charge in [-0.2, -0.15) is 0 Å². The van der Waals surface area contributed by atoms with E-state index in [9.17, 15) is 4.79 Å². The van der Waals surface area contributed by atoms with Crippen molar-refractivity contribution in [2.45, 2.75) is 6.54 Å². The molecule has 0 saturated heterocycles. The number of aryl methyl sites for hydroxylation is 1. The van der Waals surface area contributed by atoms with Crippen LogP contribution in [-0.2, 0) is 13.6 Å². The lowest BCUT2D eigenvalue weighted by Crippen LogP contribution is -2.05. The smallest absolute Gasteiger partial charge is 0.335 e. The monoisotopic (exact) mass is 358 g/mol. The van der Waals surface area contributed by atoms with Gasteiger partial charge in [0, 0.05) is 31.5 Å². The largest absolute Gasteiger partial charge is 0.478 e. The van der Waals surface area contributed by atoms with E-state index in [0.29, 0.717) is 6.54 Å². The average Bonchev–Trinajstić information content (AvgIpc) is 3.28. The van der Waals surface area contributed by atoms with Gasteiger partial charge in [-0.15, -0.1) is 0 Å². The molecule has 6 nitrogen and oxygen atoms in total. The van der Waals surface area contributed by atoms with Crippen molar-refractivity contribution in [1.82, 2.24) is 19.1 Å². The molecule has 0 aliphatic heterocycles. The van der Waals surface area contributed by atoms with Crippen molar-refractivity contribution in [3.05, 3.63) is 84.4 Å². The molecule has 134 valence electrons. The van der Waals surface area contributed by atoms with Crippen molar-refractivity contribution < 1.29 is 9.90 Å². The fraction of sp³-hybridized carbons (Fsp3) is 0.0952. The molecule has 0 fully saturated rings. The summed E-state index contributed by atoms with van der Waals surface area (Å²) in [5, 5.41) is 9.07. The van der Waals surface area contributed by atoms with E-state index in [-0.39, 0.29) is 5.56 Å². The van der Waals surface area contributed by atoms with Crippen molar-refractivity contribution in [2.24, 2.45) is 7.05 Å². The highest BCUT2D eigenvalue weighted by Crippen LogP contribution is 2.30. The number of imidazole rings is 2. The number of carboxylic acids is 1. The number of carbonyl (C=O) groups is 1. The molecule has 27 heavy (non-hydrogen) atoms. The predicted octanol–water partition coefficient (Wildman–Crippen LogP) is 3.70. The summed E-state index contributed by atoms with van der Waals surface area (Å²) in [4.78, 5) is 20.2. The van der Waals surface area contributed by atoms with E-state index in [1.54, 1.807) is 24.7 Å². The van der Waals surface area contributed by atoms with E-state index >= 15 is 0 Å². The van der Waals surface area contributed by atoms with E-state index in [0.717, 1.165) is 28.3 Å². The molecule has 4 rings (SSSR count). The Morgan fingerprint density at radius 1 is 1.04 bits per heavy atom.